The number of aryl methyl sites for hydroxylation is 1. The number of aromatic nitrogens is 1. The van der Waals surface area contributed by atoms with Crippen LogP contribution in [0.2, 0.25) is 5.02 Å². The minimum Gasteiger partial charge on any atom is -0.465 e. The van der Waals surface area contributed by atoms with Crippen molar-refractivity contribution in [3.8, 4) is 0 Å². The second-order valence-corrected chi connectivity index (χ2v) is 4.67. The molecule has 2 aromatic rings. The van der Waals surface area contributed by atoms with Gasteiger partial charge in [-0.2, -0.15) is 0 Å². The van der Waals surface area contributed by atoms with Crippen LogP contribution < -0.4 is 11.1 Å². The number of carbonyl (C=O) groups is 1. The van der Waals surface area contributed by atoms with Crippen molar-refractivity contribution in [2.75, 3.05) is 18.2 Å². The van der Waals surface area contributed by atoms with E-state index in [4.69, 9.17) is 17.3 Å². The molecule has 0 atom stereocenters. The number of pyridine rings is 1. The van der Waals surface area contributed by atoms with Crippen molar-refractivity contribution in [1.29, 1.82) is 0 Å². The third-order valence-corrected chi connectivity index (χ3v) is 3.04. The molecule has 0 spiro atoms. The molecule has 1 aromatic heterocycles. The van der Waals surface area contributed by atoms with Crippen LogP contribution in [-0.2, 0) is 4.74 Å². The molecule has 0 amide bonds. The summed E-state index contributed by atoms with van der Waals surface area (Å²) < 4.78 is 4.67. The number of hydrogen-bond acceptors (Lipinski definition) is 5. The molecular weight excluding hydrogens is 278 g/mol. The van der Waals surface area contributed by atoms with Crippen LogP contribution in [0.25, 0.3) is 0 Å². The van der Waals surface area contributed by atoms with Gasteiger partial charge in [0.05, 0.1) is 24.6 Å². The summed E-state index contributed by atoms with van der Waals surface area (Å²) in [6, 6.07) is 7.02. The monoisotopic (exact) mass is 291 g/mol. The molecule has 1 heterocycles. The van der Waals surface area contributed by atoms with E-state index in [0.29, 0.717) is 10.8 Å². The van der Waals surface area contributed by atoms with Gasteiger partial charge < -0.3 is 15.8 Å². The number of nitrogen functional groups attached to an aromatic ring is 1. The molecule has 1 aromatic carbocycles. The average molecular weight is 292 g/mol. The van der Waals surface area contributed by atoms with Gasteiger partial charge in [-0.3, -0.25) is 0 Å². The first-order chi connectivity index (χ1) is 9.51. The van der Waals surface area contributed by atoms with Crippen molar-refractivity contribution in [1.82, 2.24) is 4.98 Å². The number of methoxy groups -OCH3 is 1. The largest absolute Gasteiger partial charge is 0.465 e. The molecule has 6 heteroatoms. The van der Waals surface area contributed by atoms with Gasteiger partial charge in [0.1, 0.15) is 5.82 Å². The maximum atomic E-state index is 11.6. The summed E-state index contributed by atoms with van der Waals surface area (Å²) in [7, 11) is 1.30. The summed E-state index contributed by atoms with van der Waals surface area (Å²) in [6.07, 6.45) is 1.41. The average Bonchev–Trinajstić information content (AvgIpc) is 2.44. The number of halogens is 1. The van der Waals surface area contributed by atoms with Gasteiger partial charge in [-0.1, -0.05) is 17.7 Å². The second kappa shape index (κ2) is 5.79. The molecule has 104 valence electrons. The highest BCUT2D eigenvalue weighted by atomic mass is 35.5. The van der Waals surface area contributed by atoms with Crippen LogP contribution in [-0.4, -0.2) is 18.1 Å². The highest BCUT2D eigenvalue weighted by molar-refractivity contribution is 6.30. The normalized spacial score (nSPS) is 10.2. The summed E-state index contributed by atoms with van der Waals surface area (Å²) in [5.41, 5.74) is 8.06. The van der Waals surface area contributed by atoms with E-state index in [-0.39, 0.29) is 11.3 Å². The topological polar surface area (TPSA) is 77.2 Å². The van der Waals surface area contributed by atoms with Gasteiger partial charge in [-0.15, -0.1) is 0 Å². The lowest BCUT2D eigenvalue weighted by Crippen LogP contribution is -2.07. The number of nitrogens with two attached hydrogens (primary N) is 1. The molecule has 5 nitrogen and oxygen atoms in total. The van der Waals surface area contributed by atoms with Crippen LogP contribution in [0.5, 0.6) is 0 Å². The Kier molecular flexibility index (Phi) is 4.10. The van der Waals surface area contributed by atoms with Crippen molar-refractivity contribution in [3.05, 3.63) is 46.6 Å². The Morgan fingerprint density at radius 3 is 2.85 bits per heavy atom. The lowest BCUT2D eigenvalue weighted by atomic mass is 10.2. The first-order valence-electron chi connectivity index (χ1n) is 5.88. The van der Waals surface area contributed by atoms with Crippen LogP contribution >= 0.6 is 11.6 Å². The molecule has 2 rings (SSSR count). The minimum atomic E-state index is -0.504. The van der Waals surface area contributed by atoms with Gasteiger partial charge in [0.15, 0.2) is 0 Å². The lowest BCUT2D eigenvalue weighted by Gasteiger charge is -2.11. The molecule has 0 unspecified atom stereocenters. The maximum absolute atomic E-state index is 11.6. The Bertz CT molecular complexity index is 659. The number of nitrogens with zero attached hydrogens (tertiary/aromatic N) is 1. The molecule has 0 aliphatic rings. The predicted molar refractivity (Wildman–Crippen MR) is 79.5 cm³/mol. The molecule has 20 heavy (non-hydrogen) atoms. The molecule has 3 N–H and O–H groups in total. The zero-order chi connectivity index (χ0) is 14.7. The number of carbonyl (C=O) groups excluding carboxylic acids is 1. The van der Waals surface area contributed by atoms with E-state index >= 15 is 0 Å². The predicted octanol–water partition coefficient (Wildman–Crippen LogP) is 3.16. The fourth-order valence-corrected chi connectivity index (χ4v) is 1.86. The molecule has 0 fully saturated rings. The Morgan fingerprint density at radius 1 is 1.40 bits per heavy atom. The van der Waals surface area contributed by atoms with E-state index in [2.05, 4.69) is 15.0 Å². The summed E-state index contributed by atoms with van der Waals surface area (Å²) in [5.74, 6) is -0.0132. The number of ether oxygens (including phenoxy) is 1. The summed E-state index contributed by atoms with van der Waals surface area (Å²) in [5, 5.41) is 3.71. The molecule has 0 aliphatic heterocycles. The Balaban J connectivity index is 2.34. The summed E-state index contributed by atoms with van der Waals surface area (Å²) in [4.78, 5) is 15.7. The SMILES string of the molecule is COC(=O)c1cc(Nc2cc(Cl)ccc2C)ncc1N. The minimum absolute atomic E-state index is 0.268. The quantitative estimate of drug-likeness (QED) is 0.850. The third-order valence-electron chi connectivity index (χ3n) is 2.80. The van der Waals surface area contributed by atoms with Crippen molar-refractivity contribution in [2.24, 2.45) is 0 Å². The molecule has 0 aliphatic carbocycles. The standard InChI is InChI=1S/C14H14ClN3O2/c1-8-3-4-9(15)5-12(8)18-13-6-10(14(19)20-2)11(16)7-17-13/h3-7H,16H2,1-2H3,(H,17,18). The smallest absolute Gasteiger partial charge is 0.340 e. The van der Waals surface area contributed by atoms with Gasteiger partial charge in [-0.25, -0.2) is 9.78 Å². The fraction of sp³-hybridized carbons (Fsp3) is 0.143. The first kappa shape index (κ1) is 14.1. The number of benzene rings is 1. The van der Waals surface area contributed by atoms with E-state index in [1.54, 1.807) is 18.2 Å². The highest BCUT2D eigenvalue weighted by Crippen LogP contribution is 2.24. The molecule has 0 saturated heterocycles. The van der Waals surface area contributed by atoms with Crippen molar-refractivity contribution in [2.45, 2.75) is 6.92 Å². The number of rotatable bonds is 3. The lowest BCUT2D eigenvalue weighted by molar-refractivity contribution is 0.0602. The van der Waals surface area contributed by atoms with Crippen LogP contribution in [0.3, 0.4) is 0 Å². The maximum Gasteiger partial charge on any atom is 0.340 e. The number of hydrogen-bond donors (Lipinski definition) is 2. The van der Waals surface area contributed by atoms with E-state index in [0.717, 1.165) is 11.3 Å². The Hall–Kier alpha value is -2.27. The van der Waals surface area contributed by atoms with E-state index in [9.17, 15) is 4.79 Å². The molecule has 0 radical (unpaired) electrons. The van der Waals surface area contributed by atoms with Gasteiger partial charge in [-0.05, 0) is 30.7 Å². The fourth-order valence-electron chi connectivity index (χ4n) is 1.69. The van der Waals surface area contributed by atoms with Gasteiger partial charge in [0.2, 0.25) is 0 Å². The van der Waals surface area contributed by atoms with Gasteiger partial charge in [0, 0.05) is 10.7 Å². The van der Waals surface area contributed by atoms with E-state index < -0.39 is 5.97 Å². The van der Waals surface area contributed by atoms with Crippen molar-refractivity contribution in [3.63, 3.8) is 0 Å². The zero-order valence-electron chi connectivity index (χ0n) is 11.1. The highest BCUT2D eigenvalue weighted by Gasteiger charge is 2.12. The number of nitrogens with one attached hydrogen (secondary N) is 1. The molecular formula is C14H14ClN3O2. The van der Waals surface area contributed by atoms with Crippen molar-refractivity contribution < 1.29 is 9.53 Å². The van der Waals surface area contributed by atoms with Crippen LogP contribution in [0.4, 0.5) is 17.2 Å². The van der Waals surface area contributed by atoms with Crippen LogP contribution in [0.1, 0.15) is 15.9 Å². The number of esters is 1. The summed E-state index contributed by atoms with van der Waals surface area (Å²) in [6.45, 7) is 1.94. The van der Waals surface area contributed by atoms with Crippen molar-refractivity contribution >= 4 is 34.8 Å². The number of anilines is 3. The molecule has 0 saturated carbocycles. The molecule has 0 bridgehead atoms. The second-order valence-electron chi connectivity index (χ2n) is 4.23. The van der Waals surface area contributed by atoms with E-state index in [1.807, 2.05) is 13.0 Å². The third kappa shape index (κ3) is 3.00. The van der Waals surface area contributed by atoms with Crippen LogP contribution in [0, 0.1) is 6.92 Å². The van der Waals surface area contributed by atoms with Crippen LogP contribution in [0.15, 0.2) is 30.5 Å². The summed E-state index contributed by atoms with van der Waals surface area (Å²) >= 11 is 5.96. The van der Waals surface area contributed by atoms with Gasteiger partial charge in [0.25, 0.3) is 0 Å². The van der Waals surface area contributed by atoms with Gasteiger partial charge >= 0.3 is 5.97 Å². The zero-order valence-corrected chi connectivity index (χ0v) is 11.9. The Labute approximate surface area is 121 Å². The van der Waals surface area contributed by atoms with E-state index in [1.165, 1.54) is 13.3 Å². The Morgan fingerprint density at radius 2 is 2.15 bits per heavy atom. The first-order valence-corrected chi connectivity index (χ1v) is 6.26.